The van der Waals surface area contributed by atoms with E-state index in [-0.39, 0.29) is 11.9 Å². The van der Waals surface area contributed by atoms with Crippen molar-refractivity contribution in [2.24, 2.45) is 0 Å². The van der Waals surface area contributed by atoms with E-state index in [1.807, 2.05) is 42.5 Å². The van der Waals surface area contributed by atoms with Crippen LogP contribution in [0.4, 0.5) is 0 Å². The van der Waals surface area contributed by atoms with Crippen molar-refractivity contribution in [3.8, 4) is 0 Å². The minimum Gasteiger partial charge on any atom is -0.379 e. The van der Waals surface area contributed by atoms with Gasteiger partial charge < -0.3 is 10.1 Å². The Kier molecular flexibility index (Phi) is 6.57. The highest BCUT2D eigenvalue weighted by Gasteiger charge is 2.18. The number of rotatable bonds is 6. The Bertz CT molecular complexity index is 947. The number of morpholine rings is 1. The Morgan fingerprint density at radius 1 is 0.900 bits per heavy atom. The van der Waals surface area contributed by atoms with Gasteiger partial charge in [0, 0.05) is 25.2 Å². The molecule has 0 saturated carbocycles. The zero-order chi connectivity index (χ0) is 20.8. The van der Waals surface area contributed by atoms with Gasteiger partial charge in [-0.2, -0.15) is 0 Å². The lowest BCUT2D eigenvalue weighted by Crippen LogP contribution is -2.35. The summed E-state index contributed by atoms with van der Waals surface area (Å²) < 4.78 is 5.41. The number of nitrogens with one attached hydrogen (secondary N) is 1. The van der Waals surface area contributed by atoms with Crippen molar-refractivity contribution >= 4 is 5.91 Å². The summed E-state index contributed by atoms with van der Waals surface area (Å²) in [5.74, 6) is -0.0673. The molecule has 0 bridgehead atoms. The molecule has 0 spiro atoms. The number of benzene rings is 3. The van der Waals surface area contributed by atoms with E-state index in [4.69, 9.17) is 4.74 Å². The summed E-state index contributed by atoms with van der Waals surface area (Å²) in [5, 5.41) is 3.22. The van der Waals surface area contributed by atoms with Gasteiger partial charge in [-0.15, -0.1) is 0 Å². The summed E-state index contributed by atoms with van der Waals surface area (Å²) in [6.45, 7) is 6.45. The molecule has 0 aliphatic carbocycles. The molecule has 4 nitrogen and oxygen atoms in total. The number of nitrogens with zero attached hydrogens (tertiary/aromatic N) is 1. The van der Waals surface area contributed by atoms with E-state index < -0.39 is 0 Å². The van der Waals surface area contributed by atoms with Crippen molar-refractivity contribution in [2.75, 3.05) is 26.3 Å². The molecule has 1 aliphatic rings. The van der Waals surface area contributed by atoms with E-state index in [1.54, 1.807) is 0 Å². The Hall–Kier alpha value is -2.95. The summed E-state index contributed by atoms with van der Waals surface area (Å²) in [6.07, 6.45) is 0. The third-order valence-corrected chi connectivity index (χ3v) is 5.55. The molecule has 1 amide bonds. The van der Waals surface area contributed by atoms with Crippen molar-refractivity contribution in [1.29, 1.82) is 0 Å². The largest absolute Gasteiger partial charge is 0.379 e. The smallest absolute Gasteiger partial charge is 0.252 e. The fourth-order valence-electron chi connectivity index (χ4n) is 3.76. The van der Waals surface area contributed by atoms with Crippen LogP contribution in [0.3, 0.4) is 0 Å². The Morgan fingerprint density at radius 2 is 1.53 bits per heavy atom. The molecule has 1 saturated heterocycles. The fourth-order valence-corrected chi connectivity index (χ4v) is 3.76. The van der Waals surface area contributed by atoms with Crippen molar-refractivity contribution in [3.63, 3.8) is 0 Å². The number of hydrogen-bond donors (Lipinski definition) is 1. The van der Waals surface area contributed by atoms with E-state index in [2.05, 4.69) is 53.5 Å². The van der Waals surface area contributed by atoms with Gasteiger partial charge in [0.2, 0.25) is 0 Å². The number of ether oxygens (including phenoxy) is 1. The van der Waals surface area contributed by atoms with E-state index in [9.17, 15) is 4.79 Å². The summed E-state index contributed by atoms with van der Waals surface area (Å²) in [6, 6.07) is 26.2. The Labute approximate surface area is 178 Å². The molecule has 4 heteroatoms. The van der Waals surface area contributed by atoms with E-state index >= 15 is 0 Å². The number of hydrogen-bond acceptors (Lipinski definition) is 3. The van der Waals surface area contributed by atoms with Gasteiger partial charge in [-0.25, -0.2) is 0 Å². The highest BCUT2D eigenvalue weighted by molar-refractivity contribution is 5.94. The second-order valence-corrected chi connectivity index (χ2v) is 7.81. The van der Waals surface area contributed by atoms with Gasteiger partial charge in [0.05, 0.1) is 19.3 Å². The molecule has 1 N–H and O–H groups in total. The standard InChI is InChI=1S/C26H28N2O2/c1-20-7-11-23(12-8-20)25(22-5-3-2-4-6-22)27-26(29)24-13-9-21(10-14-24)19-28-15-17-30-18-16-28/h2-14,25H,15-19H2,1H3,(H,27,29)/t25-/m1/s1. The molecule has 1 heterocycles. The molecule has 4 rings (SSSR count). The first-order chi connectivity index (χ1) is 14.7. The highest BCUT2D eigenvalue weighted by atomic mass is 16.5. The lowest BCUT2D eigenvalue weighted by molar-refractivity contribution is 0.0342. The third kappa shape index (κ3) is 5.15. The van der Waals surface area contributed by atoms with Crippen LogP contribution in [0.5, 0.6) is 0 Å². The average Bonchev–Trinajstić information content (AvgIpc) is 2.80. The van der Waals surface area contributed by atoms with Crippen LogP contribution in [-0.4, -0.2) is 37.1 Å². The molecule has 0 unspecified atom stereocenters. The first-order valence-corrected chi connectivity index (χ1v) is 10.5. The van der Waals surface area contributed by atoms with Gasteiger partial charge in [-0.1, -0.05) is 72.3 Å². The molecule has 3 aromatic carbocycles. The van der Waals surface area contributed by atoms with Crippen LogP contribution in [0.2, 0.25) is 0 Å². The Morgan fingerprint density at radius 3 is 2.20 bits per heavy atom. The minimum atomic E-state index is -0.188. The summed E-state index contributed by atoms with van der Waals surface area (Å²) >= 11 is 0. The van der Waals surface area contributed by atoms with Gasteiger partial charge in [0.25, 0.3) is 5.91 Å². The van der Waals surface area contributed by atoms with Gasteiger partial charge >= 0.3 is 0 Å². The lowest BCUT2D eigenvalue weighted by atomic mass is 9.97. The van der Waals surface area contributed by atoms with E-state index in [0.717, 1.165) is 44.0 Å². The van der Waals surface area contributed by atoms with Gasteiger partial charge in [0.1, 0.15) is 0 Å². The van der Waals surface area contributed by atoms with Gasteiger partial charge in [-0.3, -0.25) is 9.69 Å². The zero-order valence-corrected chi connectivity index (χ0v) is 17.4. The van der Waals surface area contributed by atoms with Crippen LogP contribution in [0.25, 0.3) is 0 Å². The maximum atomic E-state index is 13.0. The van der Waals surface area contributed by atoms with Crippen molar-refractivity contribution in [1.82, 2.24) is 10.2 Å². The molecular weight excluding hydrogens is 372 g/mol. The van der Waals surface area contributed by atoms with E-state index in [0.29, 0.717) is 5.56 Å². The molecule has 154 valence electrons. The number of carbonyl (C=O) groups excluding carboxylic acids is 1. The molecule has 0 radical (unpaired) electrons. The first-order valence-electron chi connectivity index (χ1n) is 10.5. The number of aryl methyl sites for hydroxylation is 1. The average molecular weight is 401 g/mol. The summed E-state index contributed by atoms with van der Waals surface area (Å²) in [7, 11) is 0. The Balaban J connectivity index is 1.48. The third-order valence-electron chi connectivity index (χ3n) is 5.55. The molecule has 1 atom stereocenters. The molecular formula is C26H28N2O2. The van der Waals surface area contributed by atoms with Crippen LogP contribution >= 0.6 is 0 Å². The molecule has 1 fully saturated rings. The monoisotopic (exact) mass is 400 g/mol. The maximum Gasteiger partial charge on any atom is 0.252 e. The summed E-state index contributed by atoms with van der Waals surface area (Å²) in [4.78, 5) is 15.4. The van der Waals surface area contributed by atoms with Gasteiger partial charge in [0.15, 0.2) is 0 Å². The van der Waals surface area contributed by atoms with E-state index in [1.165, 1.54) is 11.1 Å². The van der Waals surface area contributed by atoms with Gasteiger partial charge in [-0.05, 0) is 35.7 Å². The number of amides is 1. The minimum absolute atomic E-state index is 0.0673. The zero-order valence-electron chi connectivity index (χ0n) is 17.4. The summed E-state index contributed by atoms with van der Waals surface area (Å²) in [5.41, 5.74) is 5.23. The molecule has 0 aromatic heterocycles. The SMILES string of the molecule is Cc1ccc([C@H](NC(=O)c2ccc(CN3CCOCC3)cc2)c2ccccc2)cc1. The highest BCUT2D eigenvalue weighted by Crippen LogP contribution is 2.23. The quantitative estimate of drug-likeness (QED) is 0.669. The second-order valence-electron chi connectivity index (χ2n) is 7.81. The van der Waals surface area contributed by atoms with Crippen LogP contribution in [0.15, 0.2) is 78.9 Å². The molecule has 1 aliphatic heterocycles. The first kappa shape index (κ1) is 20.3. The normalized spacial score (nSPS) is 15.5. The predicted molar refractivity (Wildman–Crippen MR) is 119 cm³/mol. The maximum absolute atomic E-state index is 13.0. The number of carbonyl (C=O) groups is 1. The second kappa shape index (κ2) is 9.70. The predicted octanol–water partition coefficient (Wildman–Crippen LogP) is 4.35. The van der Waals surface area contributed by atoms with Crippen LogP contribution in [0, 0.1) is 6.92 Å². The topological polar surface area (TPSA) is 41.6 Å². The molecule has 30 heavy (non-hydrogen) atoms. The molecule has 3 aromatic rings. The van der Waals surface area contributed by atoms with Crippen LogP contribution < -0.4 is 5.32 Å². The van der Waals surface area contributed by atoms with Crippen LogP contribution in [0.1, 0.15) is 38.7 Å². The lowest BCUT2D eigenvalue weighted by Gasteiger charge is -2.26. The van der Waals surface area contributed by atoms with Crippen molar-refractivity contribution in [3.05, 3.63) is 107 Å². The van der Waals surface area contributed by atoms with Crippen molar-refractivity contribution < 1.29 is 9.53 Å². The van der Waals surface area contributed by atoms with Crippen LogP contribution in [-0.2, 0) is 11.3 Å². The van der Waals surface area contributed by atoms with Crippen molar-refractivity contribution in [2.45, 2.75) is 19.5 Å². The fraction of sp³-hybridized carbons (Fsp3) is 0.269.